The Morgan fingerprint density at radius 3 is 2.64 bits per heavy atom. The van der Waals surface area contributed by atoms with E-state index in [1.54, 1.807) is 12.1 Å². The van der Waals surface area contributed by atoms with Crippen LogP contribution < -0.4 is 4.74 Å². The summed E-state index contributed by atoms with van der Waals surface area (Å²) in [6.45, 7) is 1.81. The van der Waals surface area contributed by atoms with E-state index < -0.39 is 11.8 Å². The number of carbonyl (C=O) groups is 1. The molecule has 1 saturated carbocycles. The summed E-state index contributed by atoms with van der Waals surface area (Å²) in [6.07, 6.45) is 4.53. The number of thioether (sulfide) groups is 1. The van der Waals surface area contributed by atoms with Crippen LogP contribution in [0, 0.1) is 18.6 Å². The van der Waals surface area contributed by atoms with E-state index in [0.29, 0.717) is 28.2 Å². The number of carboxylic acid groups (broad SMARTS) is 1. The van der Waals surface area contributed by atoms with Gasteiger partial charge in [0, 0.05) is 16.9 Å². The van der Waals surface area contributed by atoms with E-state index in [1.165, 1.54) is 23.9 Å². The van der Waals surface area contributed by atoms with Gasteiger partial charge in [0.15, 0.2) is 11.6 Å². The van der Waals surface area contributed by atoms with Crippen LogP contribution in [0.3, 0.4) is 0 Å². The van der Waals surface area contributed by atoms with Crippen molar-refractivity contribution in [3.63, 3.8) is 0 Å². The minimum Gasteiger partial charge on any atom is -0.487 e. The molecule has 1 N–H and O–H groups in total. The largest absolute Gasteiger partial charge is 0.487 e. The van der Waals surface area contributed by atoms with Crippen LogP contribution in [0.2, 0.25) is 0 Å². The van der Waals surface area contributed by atoms with Crippen molar-refractivity contribution in [3.8, 4) is 16.9 Å². The van der Waals surface area contributed by atoms with E-state index in [4.69, 9.17) is 9.84 Å². The highest BCUT2D eigenvalue weighted by Crippen LogP contribution is 2.38. The maximum atomic E-state index is 14.7. The zero-order valence-corrected chi connectivity index (χ0v) is 16.7. The molecule has 3 nitrogen and oxygen atoms in total. The number of aliphatic carboxylic acids is 1. The minimum atomic E-state index is -0.853. The molecule has 1 aliphatic carbocycles. The minimum absolute atomic E-state index is 0.00524. The molecule has 0 heterocycles. The topological polar surface area (TPSA) is 46.5 Å². The van der Waals surface area contributed by atoms with Crippen LogP contribution in [0.15, 0.2) is 35.2 Å². The second kappa shape index (κ2) is 9.41. The van der Waals surface area contributed by atoms with Crippen LogP contribution in [0.4, 0.5) is 8.78 Å². The van der Waals surface area contributed by atoms with Crippen molar-refractivity contribution in [1.29, 1.82) is 0 Å². The van der Waals surface area contributed by atoms with Crippen LogP contribution >= 0.6 is 11.8 Å². The molecule has 0 bridgehead atoms. The SMILES string of the molecule is Cc1cc(-c2cccc(F)c2OC2CCCC2)cc(F)c1SCCCC(=O)O. The number of hydrogen-bond donors (Lipinski definition) is 1. The van der Waals surface area contributed by atoms with E-state index >= 15 is 0 Å². The number of carboxylic acids is 1. The molecule has 6 heteroatoms. The number of aryl methyl sites for hydroxylation is 1. The number of rotatable bonds is 8. The maximum Gasteiger partial charge on any atom is 0.303 e. The van der Waals surface area contributed by atoms with Crippen molar-refractivity contribution in [2.75, 3.05) is 5.75 Å². The molecule has 0 aromatic heterocycles. The number of para-hydroxylation sites is 1. The summed E-state index contributed by atoms with van der Waals surface area (Å²) in [7, 11) is 0. The van der Waals surface area contributed by atoms with Crippen LogP contribution in [-0.4, -0.2) is 22.9 Å². The molecule has 2 aromatic carbocycles. The van der Waals surface area contributed by atoms with E-state index in [1.807, 2.05) is 13.0 Å². The molecule has 2 aromatic rings. The standard InChI is InChI=1S/C22H24F2O3S/c1-14-12-15(13-19(24)22(14)28-11-5-10-20(25)26)17-8-4-9-18(23)21(17)27-16-6-2-3-7-16/h4,8-9,12-13,16H,2-3,5-7,10-11H2,1H3,(H,25,26). The fourth-order valence-electron chi connectivity index (χ4n) is 3.50. The molecule has 0 spiro atoms. The first-order valence-electron chi connectivity index (χ1n) is 9.56. The molecule has 0 atom stereocenters. The first-order chi connectivity index (χ1) is 13.5. The lowest BCUT2D eigenvalue weighted by molar-refractivity contribution is -0.137. The van der Waals surface area contributed by atoms with E-state index in [2.05, 4.69) is 0 Å². The molecule has 0 unspecified atom stereocenters. The van der Waals surface area contributed by atoms with E-state index in [0.717, 1.165) is 31.2 Å². The first-order valence-corrected chi connectivity index (χ1v) is 10.5. The fraction of sp³-hybridized carbons (Fsp3) is 0.409. The van der Waals surface area contributed by atoms with Gasteiger partial charge < -0.3 is 9.84 Å². The maximum absolute atomic E-state index is 14.7. The Morgan fingerprint density at radius 1 is 1.21 bits per heavy atom. The Morgan fingerprint density at radius 2 is 1.96 bits per heavy atom. The molecule has 1 aliphatic rings. The zero-order valence-electron chi connectivity index (χ0n) is 15.8. The second-order valence-corrected chi connectivity index (χ2v) is 8.20. The molecule has 0 saturated heterocycles. The van der Waals surface area contributed by atoms with Crippen molar-refractivity contribution in [1.82, 2.24) is 0 Å². The van der Waals surface area contributed by atoms with Crippen molar-refractivity contribution in [2.45, 2.75) is 56.4 Å². The molecule has 3 rings (SSSR count). The van der Waals surface area contributed by atoms with Crippen molar-refractivity contribution < 1.29 is 23.4 Å². The Hall–Kier alpha value is -2.08. The Kier molecular flexibility index (Phi) is 6.94. The predicted octanol–water partition coefficient (Wildman–Crippen LogP) is 6.22. The quantitative estimate of drug-likeness (QED) is 0.418. The van der Waals surface area contributed by atoms with Gasteiger partial charge >= 0.3 is 5.97 Å². The van der Waals surface area contributed by atoms with Gasteiger partial charge in [-0.2, -0.15) is 0 Å². The lowest BCUT2D eigenvalue weighted by atomic mass is 10.0. The van der Waals surface area contributed by atoms with E-state index in [-0.39, 0.29) is 24.1 Å². The van der Waals surface area contributed by atoms with Gasteiger partial charge in [-0.25, -0.2) is 8.78 Å². The molecular weight excluding hydrogens is 382 g/mol. The van der Waals surface area contributed by atoms with Gasteiger partial charge in [-0.3, -0.25) is 4.79 Å². The van der Waals surface area contributed by atoms with Gasteiger partial charge in [0.25, 0.3) is 0 Å². The highest BCUT2D eigenvalue weighted by molar-refractivity contribution is 7.99. The summed E-state index contributed by atoms with van der Waals surface area (Å²) in [4.78, 5) is 11.1. The summed E-state index contributed by atoms with van der Waals surface area (Å²) in [5, 5.41) is 8.71. The Labute approximate surface area is 168 Å². The molecule has 28 heavy (non-hydrogen) atoms. The lowest BCUT2D eigenvalue weighted by Crippen LogP contribution is -2.12. The molecule has 0 aliphatic heterocycles. The van der Waals surface area contributed by atoms with E-state index in [9.17, 15) is 13.6 Å². The Balaban J connectivity index is 1.84. The molecule has 0 amide bonds. The predicted molar refractivity (Wildman–Crippen MR) is 107 cm³/mol. The normalized spacial score (nSPS) is 14.4. The average Bonchev–Trinajstić information content (AvgIpc) is 3.15. The van der Waals surface area contributed by atoms with Crippen molar-refractivity contribution in [3.05, 3.63) is 47.5 Å². The van der Waals surface area contributed by atoms with Gasteiger partial charge in [0.2, 0.25) is 0 Å². The summed E-state index contributed by atoms with van der Waals surface area (Å²) in [5.41, 5.74) is 1.88. The molecule has 0 radical (unpaired) electrons. The summed E-state index contributed by atoms with van der Waals surface area (Å²) >= 11 is 1.31. The molecular formula is C22H24F2O3S. The zero-order chi connectivity index (χ0) is 20.1. The number of hydrogen-bond acceptors (Lipinski definition) is 3. The third-order valence-electron chi connectivity index (χ3n) is 4.88. The van der Waals surface area contributed by atoms with Gasteiger partial charge in [-0.05, 0) is 74.1 Å². The van der Waals surface area contributed by atoms with Gasteiger partial charge in [-0.1, -0.05) is 12.1 Å². The molecule has 150 valence electrons. The second-order valence-electron chi connectivity index (χ2n) is 7.09. The summed E-state index contributed by atoms with van der Waals surface area (Å²) in [6, 6.07) is 7.96. The molecule has 1 fully saturated rings. The van der Waals surface area contributed by atoms with Crippen LogP contribution in [0.5, 0.6) is 5.75 Å². The number of halogens is 2. The Bertz CT molecular complexity index is 825. The number of ether oxygens (including phenoxy) is 1. The number of benzene rings is 2. The van der Waals surface area contributed by atoms with Crippen LogP contribution in [0.1, 0.15) is 44.1 Å². The highest BCUT2D eigenvalue weighted by Gasteiger charge is 2.21. The third kappa shape index (κ3) is 5.04. The fourth-order valence-corrected chi connectivity index (χ4v) is 4.47. The smallest absolute Gasteiger partial charge is 0.303 e. The lowest BCUT2D eigenvalue weighted by Gasteiger charge is -2.18. The van der Waals surface area contributed by atoms with Gasteiger partial charge in [0.05, 0.1) is 6.10 Å². The van der Waals surface area contributed by atoms with Gasteiger partial charge in [0.1, 0.15) is 5.82 Å². The highest BCUT2D eigenvalue weighted by atomic mass is 32.2. The van der Waals surface area contributed by atoms with Crippen LogP contribution in [-0.2, 0) is 4.79 Å². The van der Waals surface area contributed by atoms with Crippen molar-refractivity contribution in [2.24, 2.45) is 0 Å². The van der Waals surface area contributed by atoms with Crippen LogP contribution in [0.25, 0.3) is 11.1 Å². The monoisotopic (exact) mass is 406 g/mol. The summed E-state index contributed by atoms with van der Waals surface area (Å²) in [5.74, 6) is -0.954. The van der Waals surface area contributed by atoms with Gasteiger partial charge in [-0.15, -0.1) is 11.8 Å². The first kappa shape index (κ1) is 20.6. The summed E-state index contributed by atoms with van der Waals surface area (Å²) < 4.78 is 35.2. The third-order valence-corrected chi connectivity index (χ3v) is 6.17. The average molecular weight is 406 g/mol. The van der Waals surface area contributed by atoms with Crippen molar-refractivity contribution >= 4 is 17.7 Å².